The van der Waals surface area contributed by atoms with Crippen LogP contribution >= 0.6 is 0 Å². The topological polar surface area (TPSA) is 83.1 Å². The average molecular weight is 319 g/mol. The van der Waals surface area contributed by atoms with E-state index in [1.807, 2.05) is 4.90 Å². The predicted octanol–water partition coefficient (Wildman–Crippen LogP) is 1.01. The number of aromatic amines is 1. The number of morpholine rings is 1. The van der Waals surface area contributed by atoms with Crippen LogP contribution in [0.15, 0.2) is 24.4 Å². The predicted molar refractivity (Wildman–Crippen MR) is 81.5 cm³/mol. The number of anilines is 1. The fourth-order valence-electron chi connectivity index (χ4n) is 2.64. The van der Waals surface area contributed by atoms with Crippen LogP contribution in [-0.4, -0.2) is 47.6 Å². The van der Waals surface area contributed by atoms with Crippen molar-refractivity contribution in [3.05, 3.63) is 41.5 Å². The third-order valence-electron chi connectivity index (χ3n) is 3.73. The second-order valence-electron chi connectivity index (χ2n) is 5.34. The van der Waals surface area contributed by atoms with E-state index in [-0.39, 0.29) is 11.7 Å². The largest absolute Gasteiger partial charge is 0.378 e. The summed E-state index contributed by atoms with van der Waals surface area (Å²) in [6.07, 6.45) is 1.51. The van der Waals surface area contributed by atoms with Crippen LogP contribution < -0.4 is 10.2 Å². The van der Waals surface area contributed by atoms with Gasteiger partial charge in [0.2, 0.25) is 5.91 Å². The third-order valence-corrected chi connectivity index (χ3v) is 3.73. The Balaban J connectivity index is 1.88. The Bertz CT molecular complexity index is 671. The highest BCUT2D eigenvalue weighted by molar-refractivity contribution is 5.74. The van der Waals surface area contributed by atoms with E-state index in [4.69, 9.17) is 4.74 Å². The van der Waals surface area contributed by atoms with Gasteiger partial charge < -0.3 is 15.0 Å². The standard InChI is InChI=1S/C15H18FN5O2/c1-10(22)18-15(13-9-17-20-19-13)11-2-3-14(12(16)8-11)21-4-6-23-7-5-21/h2-3,8-9,15H,4-7H2,1H3,(H,18,22)(H,17,19,20). The zero-order valence-electron chi connectivity index (χ0n) is 12.8. The number of nitrogens with zero attached hydrogens (tertiary/aromatic N) is 3. The first kappa shape index (κ1) is 15.4. The van der Waals surface area contributed by atoms with Gasteiger partial charge in [0.1, 0.15) is 17.6 Å². The van der Waals surface area contributed by atoms with Crippen molar-refractivity contribution >= 4 is 11.6 Å². The molecule has 2 heterocycles. The molecule has 1 amide bonds. The number of benzene rings is 1. The maximum Gasteiger partial charge on any atom is 0.217 e. The molecule has 2 aromatic rings. The average Bonchev–Trinajstić information content (AvgIpc) is 3.07. The lowest BCUT2D eigenvalue weighted by Crippen LogP contribution is -2.36. The first-order valence-corrected chi connectivity index (χ1v) is 7.40. The minimum atomic E-state index is -0.542. The van der Waals surface area contributed by atoms with E-state index >= 15 is 0 Å². The number of hydrogen-bond acceptors (Lipinski definition) is 5. The fraction of sp³-hybridized carbons (Fsp3) is 0.400. The summed E-state index contributed by atoms with van der Waals surface area (Å²) in [5, 5.41) is 13.0. The zero-order chi connectivity index (χ0) is 16.2. The van der Waals surface area contributed by atoms with Gasteiger partial charge in [-0.25, -0.2) is 4.39 Å². The molecule has 7 nitrogen and oxygen atoms in total. The summed E-state index contributed by atoms with van der Waals surface area (Å²) in [7, 11) is 0. The lowest BCUT2D eigenvalue weighted by Gasteiger charge is -2.29. The number of ether oxygens (including phenoxy) is 1. The second-order valence-corrected chi connectivity index (χ2v) is 5.34. The number of hydrogen-bond donors (Lipinski definition) is 2. The molecule has 1 aliphatic heterocycles. The van der Waals surface area contributed by atoms with Crippen molar-refractivity contribution in [1.29, 1.82) is 0 Å². The first-order chi connectivity index (χ1) is 11.1. The van der Waals surface area contributed by atoms with Crippen molar-refractivity contribution in [2.45, 2.75) is 13.0 Å². The Kier molecular flexibility index (Phi) is 4.52. The molecule has 0 spiro atoms. The molecular weight excluding hydrogens is 301 g/mol. The molecule has 1 aromatic heterocycles. The van der Waals surface area contributed by atoms with E-state index in [0.717, 1.165) is 0 Å². The van der Waals surface area contributed by atoms with E-state index < -0.39 is 6.04 Å². The van der Waals surface area contributed by atoms with Crippen LogP contribution in [0.4, 0.5) is 10.1 Å². The molecule has 8 heteroatoms. The SMILES string of the molecule is CC(=O)NC(c1ccc(N2CCOCC2)c(F)c1)c1cn[nH]n1. The van der Waals surface area contributed by atoms with E-state index in [1.54, 1.807) is 12.1 Å². The van der Waals surface area contributed by atoms with Gasteiger partial charge in [0, 0.05) is 20.0 Å². The smallest absolute Gasteiger partial charge is 0.217 e. The molecule has 1 aromatic carbocycles. The summed E-state index contributed by atoms with van der Waals surface area (Å²) in [5.74, 6) is -0.557. The van der Waals surface area contributed by atoms with Crippen molar-refractivity contribution < 1.29 is 13.9 Å². The Morgan fingerprint density at radius 3 is 2.83 bits per heavy atom. The summed E-state index contributed by atoms with van der Waals surface area (Å²) in [4.78, 5) is 13.4. The molecule has 122 valence electrons. The summed E-state index contributed by atoms with van der Waals surface area (Å²) < 4.78 is 19.8. The highest BCUT2D eigenvalue weighted by atomic mass is 19.1. The molecule has 1 unspecified atom stereocenters. The number of aromatic nitrogens is 3. The number of halogens is 1. The van der Waals surface area contributed by atoms with Crippen molar-refractivity contribution in [2.75, 3.05) is 31.2 Å². The van der Waals surface area contributed by atoms with Crippen LogP contribution in [0, 0.1) is 5.82 Å². The quantitative estimate of drug-likeness (QED) is 0.879. The molecule has 0 aliphatic carbocycles. The van der Waals surface area contributed by atoms with Crippen LogP contribution in [0.5, 0.6) is 0 Å². The Morgan fingerprint density at radius 2 is 2.22 bits per heavy atom. The highest BCUT2D eigenvalue weighted by Gasteiger charge is 2.21. The van der Waals surface area contributed by atoms with Crippen LogP contribution in [0.2, 0.25) is 0 Å². The molecule has 1 fully saturated rings. The van der Waals surface area contributed by atoms with E-state index in [2.05, 4.69) is 20.7 Å². The van der Waals surface area contributed by atoms with Crippen LogP contribution in [0.25, 0.3) is 0 Å². The summed E-state index contributed by atoms with van der Waals surface area (Å²) >= 11 is 0. The summed E-state index contributed by atoms with van der Waals surface area (Å²) in [6, 6.07) is 4.41. The van der Waals surface area contributed by atoms with Crippen LogP contribution in [0.3, 0.4) is 0 Å². The number of amides is 1. The number of carbonyl (C=O) groups is 1. The van der Waals surface area contributed by atoms with Gasteiger partial charge in [0.15, 0.2) is 0 Å². The van der Waals surface area contributed by atoms with Gasteiger partial charge in [0.25, 0.3) is 0 Å². The number of carbonyl (C=O) groups excluding carboxylic acids is 1. The summed E-state index contributed by atoms with van der Waals surface area (Å²) in [5.41, 5.74) is 1.68. The van der Waals surface area contributed by atoms with Crippen LogP contribution in [-0.2, 0) is 9.53 Å². The van der Waals surface area contributed by atoms with E-state index in [9.17, 15) is 9.18 Å². The maximum atomic E-state index is 14.5. The Hall–Kier alpha value is -2.48. The van der Waals surface area contributed by atoms with Gasteiger partial charge in [0.05, 0.1) is 25.1 Å². The maximum absolute atomic E-state index is 14.5. The summed E-state index contributed by atoms with van der Waals surface area (Å²) in [6.45, 7) is 3.91. The third kappa shape index (κ3) is 3.48. The van der Waals surface area contributed by atoms with E-state index in [0.29, 0.717) is 43.2 Å². The number of nitrogens with one attached hydrogen (secondary N) is 2. The van der Waals surface area contributed by atoms with Gasteiger partial charge in [-0.3, -0.25) is 4.79 Å². The molecule has 1 atom stereocenters. The molecule has 0 bridgehead atoms. The molecule has 0 radical (unpaired) electrons. The Labute approximate surface area is 132 Å². The second kappa shape index (κ2) is 6.74. The van der Waals surface area contributed by atoms with Gasteiger partial charge in [-0.1, -0.05) is 6.07 Å². The molecule has 23 heavy (non-hydrogen) atoms. The van der Waals surface area contributed by atoms with Crippen molar-refractivity contribution in [1.82, 2.24) is 20.7 Å². The van der Waals surface area contributed by atoms with Crippen LogP contribution in [0.1, 0.15) is 24.2 Å². The van der Waals surface area contributed by atoms with Gasteiger partial charge in [-0.05, 0) is 17.7 Å². The van der Waals surface area contributed by atoms with Crippen molar-refractivity contribution in [2.24, 2.45) is 0 Å². The minimum absolute atomic E-state index is 0.226. The zero-order valence-corrected chi connectivity index (χ0v) is 12.8. The Morgan fingerprint density at radius 1 is 1.43 bits per heavy atom. The van der Waals surface area contributed by atoms with Gasteiger partial charge in [-0.2, -0.15) is 15.4 Å². The molecule has 3 rings (SSSR count). The van der Waals surface area contributed by atoms with Crippen molar-refractivity contribution in [3.63, 3.8) is 0 Å². The molecular formula is C15H18FN5O2. The minimum Gasteiger partial charge on any atom is -0.378 e. The first-order valence-electron chi connectivity index (χ1n) is 7.40. The molecule has 0 saturated carbocycles. The fourth-order valence-corrected chi connectivity index (χ4v) is 2.64. The molecule has 1 aliphatic rings. The van der Waals surface area contributed by atoms with Crippen molar-refractivity contribution in [3.8, 4) is 0 Å². The van der Waals surface area contributed by atoms with Gasteiger partial charge >= 0.3 is 0 Å². The van der Waals surface area contributed by atoms with E-state index in [1.165, 1.54) is 19.2 Å². The highest BCUT2D eigenvalue weighted by Crippen LogP contribution is 2.26. The normalized spacial score (nSPS) is 16.2. The van der Waals surface area contributed by atoms with Gasteiger partial charge in [-0.15, -0.1) is 0 Å². The lowest BCUT2D eigenvalue weighted by atomic mass is 10.0. The number of H-pyrrole nitrogens is 1. The molecule has 1 saturated heterocycles. The molecule has 2 N–H and O–H groups in total. The monoisotopic (exact) mass is 319 g/mol. The number of rotatable bonds is 4. The lowest BCUT2D eigenvalue weighted by molar-refractivity contribution is -0.119.